The van der Waals surface area contributed by atoms with Crippen molar-refractivity contribution in [3.8, 4) is 0 Å². The highest BCUT2D eigenvalue weighted by atomic mass is 15.2. The molecule has 0 amide bonds. The standard InChI is InChI=1S/C13H22N4/c1-9-11(14)15-10(2)16-12(9)17-7-5-13(3,4)6-8-17/h5-8H2,1-4H3,(H2,14,15,16). The van der Waals surface area contributed by atoms with Gasteiger partial charge in [0.15, 0.2) is 0 Å². The second kappa shape index (κ2) is 4.17. The summed E-state index contributed by atoms with van der Waals surface area (Å²) in [6.07, 6.45) is 2.41. The number of anilines is 2. The lowest BCUT2D eigenvalue weighted by atomic mass is 9.82. The first kappa shape index (κ1) is 12.1. The molecule has 1 aliphatic heterocycles. The smallest absolute Gasteiger partial charge is 0.137 e. The molecular formula is C13H22N4. The number of nitrogens with two attached hydrogens (primary N) is 1. The maximum Gasteiger partial charge on any atom is 0.137 e. The zero-order chi connectivity index (χ0) is 12.6. The van der Waals surface area contributed by atoms with Gasteiger partial charge in [0.1, 0.15) is 17.5 Å². The second-order valence-corrected chi connectivity index (χ2v) is 5.76. The van der Waals surface area contributed by atoms with Gasteiger partial charge in [0.25, 0.3) is 0 Å². The SMILES string of the molecule is Cc1nc(N)c(C)c(N2CCC(C)(C)CC2)n1. The van der Waals surface area contributed by atoms with Crippen LogP contribution in [0.15, 0.2) is 0 Å². The molecule has 94 valence electrons. The number of rotatable bonds is 1. The van der Waals surface area contributed by atoms with Crippen molar-refractivity contribution in [2.24, 2.45) is 5.41 Å². The normalized spacial score (nSPS) is 19.4. The van der Waals surface area contributed by atoms with Crippen LogP contribution in [0.25, 0.3) is 0 Å². The molecule has 0 aliphatic carbocycles. The first-order chi connectivity index (χ1) is 7.89. The van der Waals surface area contributed by atoms with Crippen LogP contribution >= 0.6 is 0 Å². The minimum Gasteiger partial charge on any atom is -0.383 e. The third-order valence-corrected chi connectivity index (χ3v) is 3.69. The van der Waals surface area contributed by atoms with E-state index in [9.17, 15) is 0 Å². The van der Waals surface area contributed by atoms with Gasteiger partial charge in [0.05, 0.1) is 0 Å². The van der Waals surface area contributed by atoms with E-state index in [-0.39, 0.29) is 0 Å². The Hall–Kier alpha value is -1.32. The first-order valence-corrected chi connectivity index (χ1v) is 6.25. The highest BCUT2D eigenvalue weighted by Crippen LogP contribution is 2.33. The minimum absolute atomic E-state index is 0.456. The molecule has 4 heteroatoms. The molecule has 0 bridgehead atoms. The predicted molar refractivity (Wildman–Crippen MR) is 71.1 cm³/mol. The summed E-state index contributed by atoms with van der Waals surface area (Å²) in [5.41, 5.74) is 7.37. The average molecular weight is 234 g/mol. The van der Waals surface area contributed by atoms with Gasteiger partial charge < -0.3 is 10.6 Å². The Balaban J connectivity index is 2.24. The molecule has 0 aromatic carbocycles. The van der Waals surface area contributed by atoms with Crippen molar-refractivity contribution < 1.29 is 0 Å². The van der Waals surface area contributed by atoms with Gasteiger partial charge in [-0.3, -0.25) is 0 Å². The molecule has 2 N–H and O–H groups in total. The van der Waals surface area contributed by atoms with Gasteiger partial charge in [-0.1, -0.05) is 13.8 Å². The Morgan fingerprint density at radius 2 is 1.71 bits per heavy atom. The zero-order valence-electron chi connectivity index (χ0n) is 11.2. The summed E-state index contributed by atoms with van der Waals surface area (Å²) in [6.45, 7) is 10.7. The molecule has 4 nitrogen and oxygen atoms in total. The zero-order valence-corrected chi connectivity index (χ0v) is 11.2. The molecular weight excluding hydrogens is 212 g/mol. The Bertz CT molecular complexity index is 416. The highest BCUT2D eigenvalue weighted by molar-refractivity contribution is 5.56. The summed E-state index contributed by atoms with van der Waals surface area (Å²) < 4.78 is 0. The molecule has 0 unspecified atom stereocenters. The monoisotopic (exact) mass is 234 g/mol. The lowest BCUT2D eigenvalue weighted by Gasteiger charge is -2.38. The highest BCUT2D eigenvalue weighted by Gasteiger charge is 2.27. The molecule has 1 aromatic rings. The van der Waals surface area contributed by atoms with E-state index in [2.05, 4.69) is 28.7 Å². The van der Waals surface area contributed by atoms with Crippen molar-refractivity contribution in [2.45, 2.75) is 40.5 Å². The molecule has 2 heterocycles. The van der Waals surface area contributed by atoms with E-state index in [1.807, 2.05) is 13.8 Å². The molecule has 0 atom stereocenters. The van der Waals surface area contributed by atoms with Crippen LogP contribution in [0, 0.1) is 19.3 Å². The van der Waals surface area contributed by atoms with Crippen molar-refractivity contribution in [2.75, 3.05) is 23.7 Å². The quantitative estimate of drug-likeness (QED) is 0.810. The van der Waals surface area contributed by atoms with E-state index >= 15 is 0 Å². The lowest BCUT2D eigenvalue weighted by molar-refractivity contribution is 0.279. The summed E-state index contributed by atoms with van der Waals surface area (Å²) in [5, 5.41) is 0. The molecule has 0 spiro atoms. The van der Waals surface area contributed by atoms with Crippen LogP contribution in [-0.4, -0.2) is 23.1 Å². The van der Waals surface area contributed by atoms with Gasteiger partial charge in [-0.2, -0.15) is 0 Å². The van der Waals surface area contributed by atoms with Crippen LogP contribution in [0.2, 0.25) is 0 Å². The van der Waals surface area contributed by atoms with Crippen LogP contribution < -0.4 is 10.6 Å². The fourth-order valence-electron chi connectivity index (χ4n) is 2.27. The predicted octanol–water partition coefficient (Wildman–Crippen LogP) is 2.30. The molecule has 0 saturated carbocycles. The van der Waals surface area contributed by atoms with E-state index in [0.29, 0.717) is 11.2 Å². The third kappa shape index (κ3) is 2.51. The number of nitrogen functional groups attached to an aromatic ring is 1. The third-order valence-electron chi connectivity index (χ3n) is 3.69. The van der Waals surface area contributed by atoms with Crippen LogP contribution in [0.5, 0.6) is 0 Å². The van der Waals surface area contributed by atoms with Crippen LogP contribution in [0.3, 0.4) is 0 Å². The molecule has 2 rings (SSSR count). The van der Waals surface area contributed by atoms with Crippen LogP contribution in [0.1, 0.15) is 38.1 Å². The van der Waals surface area contributed by atoms with Crippen molar-refractivity contribution >= 4 is 11.6 Å². The fraction of sp³-hybridized carbons (Fsp3) is 0.692. The van der Waals surface area contributed by atoms with Gasteiger partial charge in [0, 0.05) is 18.7 Å². The number of hydrogen-bond acceptors (Lipinski definition) is 4. The fourth-order valence-corrected chi connectivity index (χ4v) is 2.27. The summed E-state index contributed by atoms with van der Waals surface area (Å²) in [7, 11) is 0. The molecule has 0 radical (unpaired) electrons. The number of hydrogen-bond donors (Lipinski definition) is 1. The summed E-state index contributed by atoms with van der Waals surface area (Å²) in [5.74, 6) is 2.38. The number of aromatic nitrogens is 2. The molecule has 1 saturated heterocycles. The topological polar surface area (TPSA) is 55.0 Å². The Labute approximate surface area is 103 Å². The lowest BCUT2D eigenvalue weighted by Crippen LogP contribution is -2.38. The van der Waals surface area contributed by atoms with E-state index in [1.54, 1.807) is 0 Å². The average Bonchev–Trinajstić information content (AvgIpc) is 2.24. The van der Waals surface area contributed by atoms with E-state index in [4.69, 9.17) is 5.73 Å². The van der Waals surface area contributed by atoms with Crippen molar-refractivity contribution in [3.63, 3.8) is 0 Å². The van der Waals surface area contributed by atoms with E-state index < -0.39 is 0 Å². The number of nitrogens with zero attached hydrogens (tertiary/aromatic N) is 3. The molecule has 1 aromatic heterocycles. The number of aryl methyl sites for hydroxylation is 1. The Morgan fingerprint density at radius 1 is 1.12 bits per heavy atom. The van der Waals surface area contributed by atoms with Gasteiger partial charge in [0.2, 0.25) is 0 Å². The summed E-state index contributed by atoms with van der Waals surface area (Å²) >= 11 is 0. The largest absolute Gasteiger partial charge is 0.383 e. The van der Waals surface area contributed by atoms with Crippen molar-refractivity contribution in [3.05, 3.63) is 11.4 Å². The molecule has 1 aliphatic rings. The number of piperidine rings is 1. The maximum atomic E-state index is 5.90. The molecule has 1 fully saturated rings. The van der Waals surface area contributed by atoms with Crippen molar-refractivity contribution in [1.29, 1.82) is 0 Å². The minimum atomic E-state index is 0.456. The summed E-state index contributed by atoms with van der Waals surface area (Å²) in [6, 6.07) is 0. The second-order valence-electron chi connectivity index (χ2n) is 5.76. The van der Waals surface area contributed by atoms with Gasteiger partial charge in [-0.05, 0) is 32.1 Å². The van der Waals surface area contributed by atoms with Crippen molar-refractivity contribution in [1.82, 2.24) is 9.97 Å². The van der Waals surface area contributed by atoms with Crippen LogP contribution in [-0.2, 0) is 0 Å². The first-order valence-electron chi connectivity index (χ1n) is 6.25. The van der Waals surface area contributed by atoms with Gasteiger partial charge in [-0.25, -0.2) is 9.97 Å². The van der Waals surface area contributed by atoms with Gasteiger partial charge in [-0.15, -0.1) is 0 Å². The summed E-state index contributed by atoms with van der Waals surface area (Å²) in [4.78, 5) is 11.1. The van der Waals surface area contributed by atoms with Crippen LogP contribution in [0.4, 0.5) is 11.6 Å². The molecule has 17 heavy (non-hydrogen) atoms. The Kier molecular flexibility index (Phi) is 2.98. The Morgan fingerprint density at radius 3 is 2.29 bits per heavy atom. The van der Waals surface area contributed by atoms with Gasteiger partial charge >= 0.3 is 0 Å². The van der Waals surface area contributed by atoms with E-state index in [1.165, 1.54) is 12.8 Å². The van der Waals surface area contributed by atoms with E-state index in [0.717, 1.165) is 30.3 Å². The maximum absolute atomic E-state index is 5.90.